The van der Waals surface area contributed by atoms with E-state index in [1.165, 1.54) is 23.9 Å². The fourth-order valence-electron chi connectivity index (χ4n) is 3.03. The summed E-state index contributed by atoms with van der Waals surface area (Å²) in [7, 11) is 0. The number of hydrogen-bond donors (Lipinski definition) is 1. The van der Waals surface area contributed by atoms with Gasteiger partial charge in [0.15, 0.2) is 0 Å². The molecule has 152 valence electrons. The minimum atomic E-state index is -0.416. The average molecular weight is 426 g/mol. The lowest BCUT2D eigenvalue weighted by molar-refractivity contribution is -0.384. The van der Waals surface area contributed by atoms with Gasteiger partial charge in [0.05, 0.1) is 4.92 Å². The second kappa shape index (κ2) is 9.28. The Kier molecular flexibility index (Phi) is 6.10. The zero-order valence-electron chi connectivity index (χ0n) is 16.4. The quantitative estimate of drug-likeness (QED) is 0.276. The Bertz CT molecular complexity index is 1190. The Balaban J connectivity index is 1.38. The van der Waals surface area contributed by atoms with E-state index < -0.39 is 4.92 Å². The monoisotopic (exact) mass is 426 g/mol. The lowest BCUT2D eigenvalue weighted by Gasteiger charge is -2.08. The van der Waals surface area contributed by atoms with Crippen molar-refractivity contribution in [3.05, 3.63) is 119 Å². The molecule has 0 heterocycles. The van der Waals surface area contributed by atoms with E-state index >= 15 is 0 Å². The van der Waals surface area contributed by atoms with E-state index in [0.29, 0.717) is 11.3 Å². The second-order valence-electron chi connectivity index (χ2n) is 6.77. The third-order valence-electron chi connectivity index (χ3n) is 4.65. The summed E-state index contributed by atoms with van der Waals surface area (Å²) < 4.78 is 0. The molecule has 5 nitrogen and oxygen atoms in total. The number of nitro groups is 1. The van der Waals surface area contributed by atoms with E-state index in [1.807, 2.05) is 78.9 Å². The lowest BCUT2D eigenvalue weighted by atomic mass is 10.0. The van der Waals surface area contributed by atoms with Gasteiger partial charge in [0.2, 0.25) is 0 Å². The molecular formula is C25H18N2O3S. The summed E-state index contributed by atoms with van der Waals surface area (Å²) in [5.74, 6) is -0.171. The van der Waals surface area contributed by atoms with Crippen LogP contribution in [0.25, 0.3) is 11.1 Å². The average Bonchev–Trinajstić information content (AvgIpc) is 2.81. The molecule has 0 spiro atoms. The van der Waals surface area contributed by atoms with Gasteiger partial charge in [0, 0.05) is 33.2 Å². The first-order chi connectivity index (χ1) is 15.1. The third-order valence-corrected chi connectivity index (χ3v) is 5.67. The van der Waals surface area contributed by atoms with Gasteiger partial charge in [-0.1, -0.05) is 54.2 Å². The zero-order valence-corrected chi connectivity index (χ0v) is 17.2. The number of non-ortho nitro benzene ring substituents is 1. The maximum Gasteiger partial charge on any atom is 0.269 e. The molecule has 0 saturated heterocycles. The molecule has 0 aliphatic rings. The molecule has 0 bridgehead atoms. The molecule has 4 aromatic carbocycles. The highest BCUT2D eigenvalue weighted by molar-refractivity contribution is 7.99. The first kappa shape index (κ1) is 20.4. The fourth-order valence-corrected chi connectivity index (χ4v) is 3.84. The van der Waals surface area contributed by atoms with Crippen LogP contribution in [0.1, 0.15) is 10.4 Å². The molecule has 4 rings (SSSR count). The van der Waals surface area contributed by atoms with Crippen LogP contribution < -0.4 is 5.32 Å². The number of anilines is 1. The van der Waals surface area contributed by atoms with Crippen LogP contribution in [0.2, 0.25) is 0 Å². The fraction of sp³-hybridized carbons (Fsp3) is 0. The molecule has 31 heavy (non-hydrogen) atoms. The van der Waals surface area contributed by atoms with Gasteiger partial charge >= 0.3 is 0 Å². The number of hydrogen-bond acceptors (Lipinski definition) is 4. The van der Waals surface area contributed by atoms with Crippen molar-refractivity contribution in [2.24, 2.45) is 0 Å². The highest BCUT2D eigenvalue weighted by Gasteiger charge is 2.08. The first-order valence-corrected chi connectivity index (χ1v) is 10.4. The van der Waals surface area contributed by atoms with Gasteiger partial charge in [-0.15, -0.1) is 0 Å². The molecule has 4 aromatic rings. The molecule has 0 unspecified atom stereocenters. The van der Waals surface area contributed by atoms with Gasteiger partial charge in [0.25, 0.3) is 11.6 Å². The minimum absolute atomic E-state index is 0.0687. The highest BCUT2D eigenvalue weighted by Crippen LogP contribution is 2.30. The van der Waals surface area contributed by atoms with Crippen LogP contribution in [0.4, 0.5) is 11.4 Å². The second-order valence-corrected chi connectivity index (χ2v) is 7.92. The smallest absolute Gasteiger partial charge is 0.269 e. The van der Waals surface area contributed by atoms with Crippen LogP contribution in [0.3, 0.4) is 0 Å². The molecule has 6 heteroatoms. The lowest BCUT2D eigenvalue weighted by Crippen LogP contribution is -2.11. The number of carbonyl (C=O) groups excluding carboxylic acids is 1. The van der Waals surface area contributed by atoms with Crippen LogP contribution in [0.15, 0.2) is 113 Å². The first-order valence-electron chi connectivity index (χ1n) is 9.58. The van der Waals surface area contributed by atoms with Gasteiger partial charge in [-0.25, -0.2) is 0 Å². The van der Waals surface area contributed by atoms with Crippen LogP contribution in [0.5, 0.6) is 0 Å². The number of amides is 1. The van der Waals surface area contributed by atoms with Crippen molar-refractivity contribution in [1.29, 1.82) is 0 Å². The topological polar surface area (TPSA) is 72.2 Å². The standard InChI is InChI=1S/C25H18N2O3S/c28-25(20-8-6-19(7-9-20)18-4-2-1-3-5-18)26-21-10-14-23(15-11-21)31-24-16-12-22(13-17-24)27(29)30/h1-17H,(H,26,28). The predicted molar refractivity (Wildman–Crippen MR) is 123 cm³/mol. The predicted octanol–water partition coefficient (Wildman–Crippen LogP) is 6.67. The molecule has 0 aromatic heterocycles. The summed E-state index contributed by atoms with van der Waals surface area (Å²) in [4.78, 5) is 24.8. The maximum absolute atomic E-state index is 12.6. The van der Waals surface area contributed by atoms with Crippen LogP contribution in [0, 0.1) is 10.1 Å². The van der Waals surface area contributed by atoms with Crippen LogP contribution >= 0.6 is 11.8 Å². The van der Waals surface area contributed by atoms with Crippen molar-refractivity contribution >= 4 is 29.0 Å². The number of rotatable bonds is 6. The summed E-state index contributed by atoms with van der Waals surface area (Å²) in [6.07, 6.45) is 0. The summed E-state index contributed by atoms with van der Waals surface area (Å²) in [6, 6.07) is 31.4. The SMILES string of the molecule is O=C(Nc1ccc(Sc2ccc([N+](=O)[O-])cc2)cc1)c1ccc(-c2ccccc2)cc1. The molecule has 0 aliphatic carbocycles. The van der Waals surface area contributed by atoms with Crippen molar-refractivity contribution < 1.29 is 9.72 Å². The van der Waals surface area contributed by atoms with E-state index in [1.54, 1.807) is 12.1 Å². The van der Waals surface area contributed by atoms with Gasteiger partial charge in [-0.3, -0.25) is 14.9 Å². The maximum atomic E-state index is 12.6. The molecule has 0 aliphatic heterocycles. The van der Waals surface area contributed by atoms with E-state index in [9.17, 15) is 14.9 Å². The Labute approximate surface area is 183 Å². The number of nitro benzene ring substituents is 1. The van der Waals surface area contributed by atoms with Crippen molar-refractivity contribution in [2.45, 2.75) is 9.79 Å². The van der Waals surface area contributed by atoms with Crippen molar-refractivity contribution in [2.75, 3.05) is 5.32 Å². The van der Waals surface area contributed by atoms with Crippen LogP contribution in [-0.2, 0) is 0 Å². The van der Waals surface area contributed by atoms with Crippen LogP contribution in [-0.4, -0.2) is 10.8 Å². The van der Waals surface area contributed by atoms with E-state index in [2.05, 4.69) is 5.32 Å². The molecule has 0 fully saturated rings. The van der Waals surface area contributed by atoms with Crippen molar-refractivity contribution in [3.8, 4) is 11.1 Å². The van der Waals surface area contributed by atoms with Gasteiger partial charge in [-0.2, -0.15) is 0 Å². The normalized spacial score (nSPS) is 10.5. The van der Waals surface area contributed by atoms with Crippen molar-refractivity contribution in [1.82, 2.24) is 0 Å². The summed E-state index contributed by atoms with van der Waals surface area (Å²) in [6.45, 7) is 0. The summed E-state index contributed by atoms with van der Waals surface area (Å²) in [5.41, 5.74) is 3.52. The van der Waals surface area contributed by atoms with E-state index in [-0.39, 0.29) is 11.6 Å². The number of carbonyl (C=O) groups is 1. The molecule has 0 saturated carbocycles. The van der Waals surface area contributed by atoms with Gasteiger partial charge in [0.1, 0.15) is 0 Å². The van der Waals surface area contributed by atoms with E-state index in [0.717, 1.165) is 20.9 Å². The zero-order chi connectivity index (χ0) is 21.6. The van der Waals surface area contributed by atoms with Gasteiger partial charge in [-0.05, 0) is 59.7 Å². The third kappa shape index (κ3) is 5.18. The molecule has 0 radical (unpaired) electrons. The Morgan fingerprint density at radius 3 is 1.84 bits per heavy atom. The minimum Gasteiger partial charge on any atom is -0.322 e. The largest absolute Gasteiger partial charge is 0.322 e. The molecule has 1 amide bonds. The Morgan fingerprint density at radius 2 is 1.26 bits per heavy atom. The Hall–Kier alpha value is -3.90. The highest BCUT2D eigenvalue weighted by atomic mass is 32.2. The van der Waals surface area contributed by atoms with E-state index in [4.69, 9.17) is 0 Å². The Morgan fingerprint density at radius 1 is 0.710 bits per heavy atom. The molecule has 1 N–H and O–H groups in total. The molecule has 0 atom stereocenters. The number of nitrogens with one attached hydrogen (secondary N) is 1. The number of benzene rings is 4. The summed E-state index contributed by atoms with van der Waals surface area (Å²) in [5, 5.41) is 13.6. The van der Waals surface area contributed by atoms with Gasteiger partial charge < -0.3 is 5.32 Å². The molecular weight excluding hydrogens is 408 g/mol. The number of nitrogens with zero attached hydrogens (tertiary/aromatic N) is 1. The summed E-state index contributed by atoms with van der Waals surface area (Å²) >= 11 is 1.50. The van der Waals surface area contributed by atoms with Crippen molar-refractivity contribution in [3.63, 3.8) is 0 Å².